The van der Waals surface area contributed by atoms with Crippen molar-refractivity contribution in [3.8, 4) is 29.1 Å². The second-order valence-corrected chi connectivity index (χ2v) is 2.97. The Hall–Kier alpha value is -1.86. The highest BCUT2D eigenvalue weighted by molar-refractivity contribution is 5.52. The Bertz CT molecular complexity index is 404. The average Bonchev–Trinajstić information content (AvgIpc) is 2.24. The van der Waals surface area contributed by atoms with Crippen molar-refractivity contribution in [3.63, 3.8) is 0 Å². The monoisotopic (exact) mass is 207 g/mol. The summed E-state index contributed by atoms with van der Waals surface area (Å²) in [5.41, 5.74) is 0.517. The molecular formula is C11H13NO3. The van der Waals surface area contributed by atoms with Crippen LogP contribution in [0.4, 0.5) is 0 Å². The molecule has 15 heavy (non-hydrogen) atoms. The van der Waals surface area contributed by atoms with Crippen LogP contribution in [0.25, 0.3) is 0 Å². The third-order valence-corrected chi connectivity index (χ3v) is 1.92. The second-order valence-electron chi connectivity index (χ2n) is 2.97. The Morgan fingerprint density at radius 3 is 2.60 bits per heavy atom. The van der Waals surface area contributed by atoms with Gasteiger partial charge in [0.1, 0.15) is 0 Å². The van der Waals surface area contributed by atoms with Crippen LogP contribution in [-0.4, -0.2) is 21.9 Å². The summed E-state index contributed by atoms with van der Waals surface area (Å²) in [6, 6.07) is 2.87. The van der Waals surface area contributed by atoms with Crippen LogP contribution in [0.1, 0.15) is 12.5 Å². The summed E-state index contributed by atoms with van der Waals surface area (Å²) in [4.78, 5) is 0. The fourth-order valence-electron chi connectivity index (χ4n) is 1.10. The fraction of sp³-hybridized carbons (Fsp3) is 0.273. The molecule has 0 saturated carbocycles. The molecule has 0 radical (unpaired) electrons. The molecule has 0 aliphatic carbocycles. The van der Waals surface area contributed by atoms with Crippen molar-refractivity contribution in [3.05, 3.63) is 17.7 Å². The molecule has 1 rings (SSSR count). The maximum Gasteiger partial charge on any atom is 0.200 e. The predicted octanol–water partition coefficient (Wildman–Crippen LogP) is 0.916. The normalized spacial score (nSPS) is 9.40. The topological polar surface area (TPSA) is 72.7 Å². The van der Waals surface area contributed by atoms with Gasteiger partial charge >= 0.3 is 0 Å². The van der Waals surface area contributed by atoms with E-state index in [1.807, 2.05) is 0 Å². The number of phenols is 3. The highest BCUT2D eigenvalue weighted by Gasteiger charge is 2.09. The van der Waals surface area contributed by atoms with Crippen LogP contribution in [0.3, 0.4) is 0 Å². The first kappa shape index (κ1) is 11.2. The molecule has 0 aromatic heterocycles. The second kappa shape index (κ2) is 5.13. The van der Waals surface area contributed by atoms with E-state index in [0.29, 0.717) is 18.7 Å². The van der Waals surface area contributed by atoms with Crippen molar-refractivity contribution in [2.24, 2.45) is 0 Å². The Morgan fingerprint density at radius 1 is 1.20 bits per heavy atom. The third kappa shape index (κ3) is 2.79. The van der Waals surface area contributed by atoms with E-state index in [0.717, 1.165) is 0 Å². The van der Waals surface area contributed by atoms with Gasteiger partial charge in [0.2, 0.25) is 5.75 Å². The minimum absolute atomic E-state index is 0.299. The van der Waals surface area contributed by atoms with Gasteiger partial charge in [-0.15, -0.1) is 5.92 Å². The van der Waals surface area contributed by atoms with Crippen LogP contribution >= 0.6 is 0 Å². The standard InChI is InChI=1S/C11H13NO3/c1-2-3-6-12-7-8-4-5-9(13)11(15)10(8)14/h4-5,12-15H,6-7H2,1H3. The van der Waals surface area contributed by atoms with Gasteiger partial charge in [0, 0.05) is 12.1 Å². The van der Waals surface area contributed by atoms with E-state index in [9.17, 15) is 10.2 Å². The summed E-state index contributed by atoms with van der Waals surface area (Å²) in [5, 5.41) is 30.7. The van der Waals surface area contributed by atoms with Gasteiger partial charge in [-0.2, -0.15) is 0 Å². The zero-order chi connectivity index (χ0) is 11.3. The SMILES string of the molecule is CC#CCNCc1ccc(O)c(O)c1O. The Kier molecular flexibility index (Phi) is 3.83. The van der Waals surface area contributed by atoms with Crippen molar-refractivity contribution in [2.45, 2.75) is 13.5 Å². The van der Waals surface area contributed by atoms with Crippen LogP contribution < -0.4 is 5.32 Å². The molecule has 0 heterocycles. The first-order valence-corrected chi connectivity index (χ1v) is 4.50. The summed E-state index contributed by atoms with van der Waals surface area (Å²) in [7, 11) is 0. The Labute approximate surface area is 88.2 Å². The number of hydrogen-bond acceptors (Lipinski definition) is 4. The van der Waals surface area contributed by atoms with Crippen LogP contribution in [-0.2, 0) is 6.54 Å². The van der Waals surface area contributed by atoms with Gasteiger partial charge in [0.25, 0.3) is 0 Å². The number of nitrogens with one attached hydrogen (secondary N) is 1. The predicted molar refractivity (Wildman–Crippen MR) is 56.6 cm³/mol. The van der Waals surface area contributed by atoms with E-state index in [4.69, 9.17) is 5.11 Å². The molecule has 1 aromatic carbocycles. The van der Waals surface area contributed by atoms with E-state index in [2.05, 4.69) is 17.2 Å². The van der Waals surface area contributed by atoms with Gasteiger partial charge in [-0.3, -0.25) is 0 Å². The van der Waals surface area contributed by atoms with Crippen LogP contribution in [0.2, 0.25) is 0 Å². The van der Waals surface area contributed by atoms with Crippen molar-refractivity contribution in [1.82, 2.24) is 5.32 Å². The number of benzene rings is 1. The van der Waals surface area contributed by atoms with E-state index >= 15 is 0 Å². The molecule has 0 spiro atoms. The van der Waals surface area contributed by atoms with Crippen LogP contribution in [0.15, 0.2) is 12.1 Å². The zero-order valence-electron chi connectivity index (χ0n) is 8.41. The number of hydrogen-bond donors (Lipinski definition) is 4. The smallest absolute Gasteiger partial charge is 0.200 e. The van der Waals surface area contributed by atoms with Crippen LogP contribution in [0.5, 0.6) is 17.2 Å². The lowest BCUT2D eigenvalue weighted by Gasteiger charge is -2.07. The molecule has 0 fully saturated rings. The first-order chi connectivity index (χ1) is 7.16. The van der Waals surface area contributed by atoms with Crippen LogP contribution in [0, 0.1) is 11.8 Å². The quantitative estimate of drug-likeness (QED) is 0.338. The molecule has 0 aliphatic rings. The highest BCUT2D eigenvalue weighted by atomic mass is 16.3. The average molecular weight is 207 g/mol. The van der Waals surface area contributed by atoms with Gasteiger partial charge < -0.3 is 20.6 Å². The van der Waals surface area contributed by atoms with Gasteiger partial charge in [-0.1, -0.05) is 12.0 Å². The van der Waals surface area contributed by atoms with Crippen molar-refractivity contribution in [2.75, 3.05) is 6.54 Å². The molecule has 0 saturated heterocycles. The molecular weight excluding hydrogens is 194 g/mol. The largest absolute Gasteiger partial charge is 0.504 e. The summed E-state index contributed by atoms with van der Waals surface area (Å²) in [6.07, 6.45) is 0. The van der Waals surface area contributed by atoms with E-state index < -0.39 is 5.75 Å². The fourth-order valence-corrected chi connectivity index (χ4v) is 1.10. The zero-order valence-corrected chi connectivity index (χ0v) is 8.41. The maximum absolute atomic E-state index is 9.45. The molecule has 4 nitrogen and oxygen atoms in total. The molecule has 0 atom stereocenters. The van der Waals surface area contributed by atoms with Crippen molar-refractivity contribution < 1.29 is 15.3 Å². The molecule has 0 bridgehead atoms. The van der Waals surface area contributed by atoms with Crippen molar-refractivity contribution in [1.29, 1.82) is 0 Å². The lowest BCUT2D eigenvalue weighted by molar-refractivity contribution is 0.364. The summed E-state index contributed by atoms with van der Waals surface area (Å²) in [6.45, 7) is 2.64. The van der Waals surface area contributed by atoms with Gasteiger partial charge in [0.15, 0.2) is 11.5 Å². The number of rotatable bonds is 3. The molecule has 1 aromatic rings. The summed E-state index contributed by atoms with van der Waals surface area (Å²) in [5.74, 6) is 4.42. The molecule has 4 heteroatoms. The lowest BCUT2D eigenvalue weighted by atomic mass is 10.1. The van der Waals surface area contributed by atoms with Gasteiger partial charge in [-0.05, 0) is 13.0 Å². The van der Waals surface area contributed by atoms with E-state index in [-0.39, 0.29) is 11.5 Å². The minimum atomic E-state index is -0.490. The van der Waals surface area contributed by atoms with Gasteiger partial charge in [-0.25, -0.2) is 0 Å². The van der Waals surface area contributed by atoms with E-state index in [1.54, 1.807) is 6.92 Å². The Morgan fingerprint density at radius 2 is 1.93 bits per heavy atom. The summed E-state index contributed by atoms with van der Waals surface area (Å²) >= 11 is 0. The molecule has 4 N–H and O–H groups in total. The molecule has 0 aliphatic heterocycles. The maximum atomic E-state index is 9.45. The Balaban J connectivity index is 2.68. The van der Waals surface area contributed by atoms with Gasteiger partial charge in [0.05, 0.1) is 6.54 Å². The molecule has 0 amide bonds. The minimum Gasteiger partial charge on any atom is -0.504 e. The third-order valence-electron chi connectivity index (χ3n) is 1.92. The van der Waals surface area contributed by atoms with Crippen molar-refractivity contribution >= 4 is 0 Å². The molecule has 0 unspecified atom stereocenters. The molecule has 80 valence electrons. The number of phenolic OH excluding ortho intramolecular Hbond substituents is 3. The summed E-state index contributed by atoms with van der Waals surface area (Å²) < 4.78 is 0. The number of aromatic hydroxyl groups is 3. The highest BCUT2D eigenvalue weighted by Crippen LogP contribution is 2.36. The first-order valence-electron chi connectivity index (χ1n) is 4.50. The lowest BCUT2D eigenvalue weighted by Crippen LogP contribution is -2.13. The van der Waals surface area contributed by atoms with E-state index in [1.165, 1.54) is 12.1 Å².